The predicted octanol–water partition coefficient (Wildman–Crippen LogP) is 2.53. The van der Waals surface area contributed by atoms with Crippen LogP contribution in [0.15, 0.2) is 6.07 Å². The highest BCUT2D eigenvalue weighted by Crippen LogP contribution is 2.46. The van der Waals surface area contributed by atoms with E-state index in [1.54, 1.807) is 6.07 Å². The van der Waals surface area contributed by atoms with Crippen molar-refractivity contribution in [1.82, 2.24) is 9.97 Å². The molecule has 0 bridgehead atoms. The molecule has 0 saturated heterocycles. The quantitative estimate of drug-likeness (QED) is 0.768. The van der Waals surface area contributed by atoms with Crippen molar-refractivity contribution in [2.75, 3.05) is 0 Å². The lowest BCUT2D eigenvalue weighted by molar-refractivity contribution is 0.436. The van der Waals surface area contributed by atoms with Crippen LogP contribution in [0.4, 0.5) is 0 Å². The molecule has 15 heavy (non-hydrogen) atoms. The Morgan fingerprint density at radius 1 is 1.27 bits per heavy atom. The first kappa shape index (κ1) is 10.4. The van der Waals surface area contributed by atoms with Crippen molar-refractivity contribution in [2.45, 2.75) is 51.4 Å². The molecule has 0 aliphatic heterocycles. The Hall–Kier alpha value is -1.12. The third-order valence-electron chi connectivity index (χ3n) is 3.02. The van der Waals surface area contributed by atoms with Crippen LogP contribution in [0, 0.1) is 0 Å². The minimum absolute atomic E-state index is 0.0413. The van der Waals surface area contributed by atoms with E-state index in [2.05, 4.69) is 37.7 Å². The lowest BCUT2D eigenvalue weighted by atomic mass is 9.91. The molecular formula is C12H18N2O. The molecule has 1 aromatic rings. The third kappa shape index (κ3) is 1.96. The molecule has 0 unspecified atom stereocenters. The monoisotopic (exact) mass is 206 g/mol. The molecule has 0 atom stereocenters. The van der Waals surface area contributed by atoms with Crippen LogP contribution >= 0.6 is 0 Å². The Kier molecular flexibility index (Phi) is 2.04. The molecule has 0 amide bonds. The van der Waals surface area contributed by atoms with Gasteiger partial charge in [0.15, 0.2) is 0 Å². The van der Waals surface area contributed by atoms with E-state index < -0.39 is 0 Å². The molecule has 1 heterocycles. The molecule has 0 radical (unpaired) electrons. The molecule has 1 aliphatic rings. The first-order valence-corrected chi connectivity index (χ1v) is 5.40. The number of hydrogen-bond acceptors (Lipinski definition) is 3. The minimum atomic E-state index is -0.0413. The van der Waals surface area contributed by atoms with Crippen LogP contribution in [0.3, 0.4) is 0 Å². The van der Waals surface area contributed by atoms with E-state index >= 15 is 0 Å². The highest BCUT2D eigenvalue weighted by atomic mass is 16.3. The summed E-state index contributed by atoms with van der Waals surface area (Å²) in [6.07, 6.45) is 2.25. The summed E-state index contributed by atoms with van der Waals surface area (Å²) in [6.45, 7) is 8.42. The summed E-state index contributed by atoms with van der Waals surface area (Å²) in [7, 11) is 0. The van der Waals surface area contributed by atoms with Crippen LogP contribution in [0.1, 0.15) is 52.1 Å². The number of rotatable bonds is 1. The molecule has 3 heteroatoms. The summed E-state index contributed by atoms with van der Waals surface area (Å²) in [4.78, 5) is 8.69. The maximum absolute atomic E-state index is 9.60. The third-order valence-corrected chi connectivity index (χ3v) is 3.02. The highest BCUT2D eigenvalue weighted by Gasteiger charge is 2.42. The van der Waals surface area contributed by atoms with Gasteiger partial charge in [-0.25, -0.2) is 4.98 Å². The molecule has 0 aromatic carbocycles. The van der Waals surface area contributed by atoms with Crippen LogP contribution < -0.4 is 0 Å². The maximum atomic E-state index is 9.60. The summed E-state index contributed by atoms with van der Waals surface area (Å²) in [6, 6.07) is 1.66. The SMILES string of the molecule is CC(C)(C)c1cc(O)nc(C2(C)CC2)n1. The van der Waals surface area contributed by atoms with Gasteiger partial charge in [0.1, 0.15) is 5.82 Å². The van der Waals surface area contributed by atoms with Gasteiger partial charge in [0.2, 0.25) is 5.88 Å². The smallest absolute Gasteiger partial charge is 0.214 e. The normalized spacial score (nSPS) is 18.9. The standard InChI is InChI=1S/C12H18N2O/c1-11(2,3)8-7-9(15)14-10(13-8)12(4)5-6-12/h7H,5-6H2,1-4H3,(H,13,14,15). The average Bonchev–Trinajstić information content (AvgIpc) is 2.82. The molecule has 82 valence electrons. The summed E-state index contributed by atoms with van der Waals surface area (Å²) in [5.74, 6) is 0.894. The summed E-state index contributed by atoms with van der Waals surface area (Å²) < 4.78 is 0. The number of hydrogen-bond donors (Lipinski definition) is 1. The van der Waals surface area contributed by atoms with Crippen molar-refractivity contribution in [3.05, 3.63) is 17.6 Å². The maximum Gasteiger partial charge on any atom is 0.214 e. The van der Waals surface area contributed by atoms with Gasteiger partial charge in [0, 0.05) is 16.9 Å². The van der Waals surface area contributed by atoms with Gasteiger partial charge in [-0.1, -0.05) is 27.7 Å². The fourth-order valence-electron chi connectivity index (χ4n) is 1.50. The molecule has 1 fully saturated rings. The van der Waals surface area contributed by atoms with Gasteiger partial charge in [-0.05, 0) is 12.8 Å². The Morgan fingerprint density at radius 3 is 2.33 bits per heavy atom. The molecule has 2 rings (SSSR count). The van der Waals surface area contributed by atoms with Gasteiger partial charge in [-0.2, -0.15) is 4.98 Å². The molecule has 1 aromatic heterocycles. The van der Waals surface area contributed by atoms with Crippen LogP contribution in [0.5, 0.6) is 5.88 Å². The highest BCUT2D eigenvalue weighted by molar-refractivity contribution is 5.26. The topological polar surface area (TPSA) is 46.0 Å². The van der Waals surface area contributed by atoms with E-state index in [-0.39, 0.29) is 16.7 Å². The fraction of sp³-hybridized carbons (Fsp3) is 0.667. The Morgan fingerprint density at radius 2 is 1.87 bits per heavy atom. The van der Waals surface area contributed by atoms with Crippen molar-refractivity contribution in [2.24, 2.45) is 0 Å². The van der Waals surface area contributed by atoms with Gasteiger partial charge in [-0.3, -0.25) is 0 Å². The molecular weight excluding hydrogens is 188 g/mol. The summed E-state index contributed by atoms with van der Waals surface area (Å²) in [5.41, 5.74) is 0.984. The second-order valence-electron chi connectivity index (χ2n) is 5.75. The van der Waals surface area contributed by atoms with Gasteiger partial charge >= 0.3 is 0 Å². The summed E-state index contributed by atoms with van der Waals surface area (Å²) >= 11 is 0. The van der Waals surface area contributed by atoms with Gasteiger partial charge in [0.25, 0.3) is 0 Å². The number of aromatic hydroxyl groups is 1. The molecule has 1 saturated carbocycles. The van der Waals surface area contributed by atoms with Crippen molar-refractivity contribution in [1.29, 1.82) is 0 Å². The van der Waals surface area contributed by atoms with E-state index in [1.807, 2.05) is 0 Å². The lowest BCUT2D eigenvalue weighted by Gasteiger charge is -2.19. The fourth-order valence-corrected chi connectivity index (χ4v) is 1.50. The van der Waals surface area contributed by atoms with Gasteiger partial charge in [0.05, 0.1) is 5.69 Å². The van der Waals surface area contributed by atoms with Crippen LogP contribution in [-0.4, -0.2) is 15.1 Å². The van der Waals surface area contributed by atoms with E-state index in [4.69, 9.17) is 0 Å². The number of aromatic nitrogens is 2. The zero-order valence-corrected chi connectivity index (χ0v) is 9.83. The largest absolute Gasteiger partial charge is 0.493 e. The lowest BCUT2D eigenvalue weighted by Crippen LogP contribution is -2.17. The molecule has 0 spiro atoms. The van der Waals surface area contributed by atoms with Crippen molar-refractivity contribution in [3.63, 3.8) is 0 Å². The van der Waals surface area contributed by atoms with E-state index in [9.17, 15) is 5.11 Å². The Labute approximate surface area is 90.6 Å². The van der Waals surface area contributed by atoms with Gasteiger partial charge < -0.3 is 5.11 Å². The van der Waals surface area contributed by atoms with E-state index in [1.165, 1.54) is 0 Å². The van der Waals surface area contributed by atoms with Crippen LogP contribution in [0.2, 0.25) is 0 Å². The van der Waals surface area contributed by atoms with Crippen LogP contribution in [0.25, 0.3) is 0 Å². The van der Waals surface area contributed by atoms with Crippen molar-refractivity contribution in [3.8, 4) is 5.88 Å². The van der Waals surface area contributed by atoms with Gasteiger partial charge in [-0.15, -0.1) is 0 Å². The Bertz CT molecular complexity index is 366. The van der Waals surface area contributed by atoms with Crippen molar-refractivity contribution < 1.29 is 5.11 Å². The van der Waals surface area contributed by atoms with E-state index in [0.717, 1.165) is 24.4 Å². The molecule has 1 aliphatic carbocycles. The van der Waals surface area contributed by atoms with Crippen LogP contribution in [-0.2, 0) is 10.8 Å². The average molecular weight is 206 g/mol. The molecule has 1 N–H and O–H groups in total. The zero-order valence-electron chi connectivity index (χ0n) is 9.83. The second kappa shape index (κ2) is 2.94. The minimum Gasteiger partial charge on any atom is -0.493 e. The summed E-state index contributed by atoms with van der Waals surface area (Å²) in [5, 5.41) is 9.60. The van der Waals surface area contributed by atoms with E-state index in [0.29, 0.717) is 0 Å². The predicted molar refractivity (Wildman–Crippen MR) is 59.0 cm³/mol. The molecule has 3 nitrogen and oxygen atoms in total. The zero-order chi connectivity index (χ0) is 11.3. The van der Waals surface area contributed by atoms with Crippen molar-refractivity contribution >= 4 is 0 Å². The first-order chi connectivity index (χ1) is 6.81. The first-order valence-electron chi connectivity index (χ1n) is 5.40. The second-order valence-corrected chi connectivity index (χ2v) is 5.75. The number of nitrogens with zero attached hydrogens (tertiary/aromatic N) is 2. The Balaban J connectivity index is 2.46.